The lowest BCUT2D eigenvalue weighted by atomic mass is 10.0. The van der Waals surface area contributed by atoms with E-state index >= 15 is 0 Å². The van der Waals surface area contributed by atoms with Gasteiger partial charge < -0.3 is 5.11 Å². The number of hydrogen-bond acceptors (Lipinski definition) is 3. The van der Waals surface area contributed by atoms with Crippen LogP contribution in [0.25, 0.3) is 17.0 Å². The van der Waals surface area contributed by atoms with Crippen molar-refractivity contribution in [1.29, 1.82) is 0 Å². The molecule has 4 nitrogen and oxygen atoms in total. The highest BCUT2D eigenvalue weighted by Gasteiger charge is 2.17. The minimum atomic E-state index is -0.888. The van der Waals surface area contributed by atoms with Crippen molar-refractivity contribution in [1.82, 2.24) is 14.4 Å². The molecule has 5 heteroatoms. The van der Waals surface area contributed by atoms with E-state index in [1.54, 1.807) is 20.0 Å². The fourth-order valence-corrected chi connectivity index (χ4v) is 2.43. The van der Waals surface area contributed by atoms with E-state index in [0.717, 1.165) is 27.2 Å². The van der Waals surface area contributed by atoms with E-state index in [9.17, 15) is 5.11 Å². The Kier molecular flexibility index (Phi) is 3.11. The van der Waals surface area contributed by atoms with Crippen molar-refractivity contribution in [2.24, 2.45) is 0 Å². The summed E-state index contributed by atoms with van der Waals surface area (Å²) in [7, 11) is 0. The lowest BCUT2D eigenvalue weighted by Gasteiger charge is -2.18. The Morgan fingerprint density at radius 3 is 2.70 bits per heavy atom. The topological polar surface area (TPSA) is 50.4 Å². The quantitative estimate of drug-likeness (QED) is 0.732. The van der Waals surface area contributed by atoms with E-state index in [-0.39, 0.29) is 0 Å². The van der Waals surface area contributed by atoms with E-state index in [0.29, 0.717) is 0 Å². The first-order valence-corrected chi connectivity index (χ1v) is 7.07. The largest absolute Gasteiger partial charge is 0.386 e. The van der Waals surface area contributed by atoms with E-state index < -0.39 is 5.60 Å². The summed E-state index contributed by atoms with van der Waals surface area (Å²) in [6.07, 6.45) is 3.69. The summed E-state index contributed by atoms with van der Waals surface area (Å²) in [6.45, 7) is 3.53. The van der Waals surface area contributed by atoms with E-state index in [1.807, 2.05) is 40.9 Å². The van der Waals surface area contributed by atoms with Gasteiger partial charge in [0.1, 0.15) is 10.3 Å². The SMILES string of the molecule is CC(C)(O)c1ccc2ncc(-c3cccc(Br)n3)n2c1. The maximum atomic E-state index is 10.1. The maximum absolute atomic E-state index is 10.1. The molecule has 0 atom stereocenters. The first kappa shape index (κ1) is 13.3. The molecule has 0 aliphatic heterocycles. The Hall–Kier alpha value is -1.72. The summed E-state index contributed by atoms with van der Waals surface area (Å²) in [5.41, 5.74) is 2.50. The second-order valence-electron chi connectivity index (χ2n) is 5.19. The van der Waals surface area contributed by atoms with Crippen LogP contribution in [-0.2, 0) is 5.60 Å². The summed E-state index contributed by atoms with van der Waals surface area (Å²) in [5.74, 6) is 0. The van der Waals surface area contributed by atoms with Crippen LogP contribution in [0.5, 0.6) is 0 Å². The summed E-state index contributed by atoms with van der Waals surface area (Å²) >= 11 is 3.38. The Bertz CT molecular complexity index is 774. The number of rotatable bonds is 2. The van der Waals surface area contributed by atoms with Crippen LogP contribution in [0.2, 0.25) is 0 Å². The summed E-state index contributed by atoms with van der Waals surface area (Å²) in [6, 6.07) is 9.54. The van der Waals surface area contributed by atoms with Crippen molar-refractivity contribution < 1.29 is 5.11 Å². The molecule has 0 aromatic carbocycles. The molecule has 0 bridgehead atoms. The molecule has 0 aliphatic rings. The number of hydrogen-bond donors (Lipinski definition) is 1. The van der Waals surface area contributed by atoms with Crippen LogP contribution in [0.15, 0.2) is 47.3 Å². The molecule has 3 aromatic rings. The average molecular weight is 332 g/mol. The van der Waals surface area contributed by atoms with Crippen molar-refractivity contribution in [2.75, 3.05) is 0 Å². The summed E-state index contributed by atoms with van der Waals surface area (Å²) < 4.78 is 2.73. The van der Waals surface area contributed by atoms with Crippen LogP contribution in [0.1, 0.15) is 19.4 Å². The van der Waals surface area contributed by atoms with Gasteiger partial charge in [0.15, 0.2) is 0 Å². The molecule has 1 N–H and O–H groups in total. The smallest absolute Gasteiger partial charge is 0.137 e. The number of pyridine rings is 2. The Labute approximate surface area is 125 Å². The Morgan fingerprint density at radius 2 is 2.00 bits per heavy atom. The van der Waals surface area contributed by atoms with Crippen LogP contribution >= 0.6 is 15.9 Å². The third kappa shape index (κ3) is 2.34. The zero-order valence-corrected chi connectivity index (χ0v) is 12.8. The summed E-state index contributed by atoms with van der Waals surface area (Å²) in [5, 5.41) is 10.1. The van der Waals surface area contributed by atoms with Gasteiger partial charge >= 0.3 is 0 Å². The van der Waals surface area contributed by atoms with Gasteiger partial charge in [-0.2, -0.15) is 0 Å². The predicted octanol–water partition coefficient (Wildman–Crippen LogP) is 3.39. The molecule has 3 rings (SSSR count). The molecule has 0 fully saturated rings. The Balaban J connectivity index is 2.22. The molecular formula is C15H14BrN3O. The first-order chi connectivity index (χ1) is 9.45. The van der Waals surface area contributed by atoms with Crippen LogP contribution < -0.4 is 0 Å². The normalized spacial score (nSPS) is 12.0. The number of aromatic nitrogens is 3. The summed E-state index contributed by atoms with van der Waals surface area (Å²) in [4.78, 5) is 8.82. The van der Waals surface area contributed by atoms with Crippen molar-refractivity contribution in [3.05, 3.63) is 52.9 Å². The van der Waals surface area contributed by atoms with Gasteiger partial charge in [0.25, 0.3) is 0 Å². The number of nitrogens with zero attached hydrogens (tertiary/aromatic N) is 3. The van der Waals surface area contributed by atoms with E-state index in [2.05, 4.69) is 25.9 Å². The molecule has 0 aliphatic carbocycles. The van der Waals surface area contributed by atoms with E-state index in [4.69, 9.17) is 0 Å². The number of fused-ring (bicyclic) bond motifs is 1. The fourth-order valence-electron chi connectivity index (χ4n) is 2.08. The van der Waals surface area contributed by atoms with Crippen molar-refractivity contribution in [2.45, 2.75) is 19.4 Å². The van der Waals surface area contributed by atoms with Gasteiger partial charge in [-0.1, -0.05) is 12.1 Å². The monoisotopic (exact) mass is 331 g/mol. The molecular weight excluding hydrogens is 318 g/mol. The number of halogens is 1. The van der Waals surface area contributed by atoms with Gasteiger partial charge in [-0.05, 0) is 53.5 Å². The highest BCUT2D eigenvalue weighted by atomic mass is 79.9. The Morgan fingerprint density at radius 1 is 1.20 bits per heavy atom. The number of aliphatic hydroxyl groups is 1. The van der Waals surface area contributed by atoms with Crippen molar-refractivity contribution >= 4 is 21.6 Å². The highest BCUT2D eigenvalue weighted by molar-refractivity contribution is 9.10. The van der Waals surface area contributed by atoms with Crippen LogP contribution in [0, 0.1) is 0 Å². The highest BCUT2D eigenvalue weighted by Crippen LogP contribution is 2.24. The fraction of sp³-hybridized carbons (Fsp3) is 0.200. The van der Waals surface area contributed by atoms with E-state index in [1.165, 1.54) is 0 Å². The molecule has 20 heavy (non-hydrogen) atoms. The third-order valence-corrected chi connectivity index (χ3v) is 3.63. The first-order valence-electron chi connectivity index (χ1n) is 6.28. The zero-order valence-electron chi connectivity index (χ0n) is 11.2. The van der Waals surface area contributed by atoms with Gasteiger partial charge in [0, 0.05) is 6.20 Å². The molecule has 0 unspecified atom stereocenters. The molecule has 3 aromatic heterocycles. The van der Waals surface area contributed by atoms with Crippen LogP contribution in [0.3, 0.4) is 0 Å². The van der Waals surface area contributed by atoms with Crippen LogP contribution in [-0.4, -0.2) is 19.5 Å². The molecule has 3 heterocycles. The lowest BCUT2D eigenvalue weighted by molar-refractivity contribution is 0.0782. The second-order valence-corrected chi connectivity index (χ2v) is 6.01. The average Bonchev–Trinajstić information content (AvgIpc) is 2.80. The molecule has 0 saturated carbocycles. The van der Waals surface area contributed by atoms with Gasteiger partial charge in [0.2, 0.25) is 0 Å². The van der Waals surface area contributed by atoms with Crippen LogP contribution in [0.4, 0.5) is 0 Å². The van der Waals surface area contributed by atoms with Gasteiger partial charge in [-0.25, -0.2) is 9.97 Å². The molecule has 0 saturated heterocycles. The van der Waals surface area contributed by atoms with Gasteiger partial charge in [0.05, 0.1) is 23.2 Å². The molecule has 0 amide bonds. The predicted molar refractivity (Wildman–Crippen MR) is 81.4 cm³/mol. The van der Waals surface area contributed by atoms with Gasteiger partial charge in [-0.15, -0.1) is 0 Å². The lowest BCUT2D eigenvalue weighted by Crippen LogP contribution is -2.16. The minimum Gasteiger partial charge on any atom is -0.386 e. The minimum absolute atomic E-state index is 0.781. The third-order valence-electron chi connectivity index (χ3n) is 3.19. The maximum Gasteiger partial charge on any atom is 0.137 e. The van der Waals surface area contributed by atoms with Crippen molar-refractivity contribution in [3.63, 3.8) is 0 Å². The van der Waals surface area contributed by atoms with Crippen molar-refractivity contribution in [3.8, 4) is 11.4 Å². The van der Waals surface area contributed by atoms with Gasteiger partial charge in [-0.3, -0.25) is 4.40 Å². The zero-order chi connectivity index (χ0) is 14.3. The molecule has 0 spiro atoms. The number of imidazole rings is 1. The standard InChI is InChI=1S/C15H14BrN3O/c1-15(2,20)10-6-7-14-17-8-12(19(14)9-10)11-4-3-5-13(16)18-11/h3-9,20H,1-2H3. The second kappa shape index (κ2) is 4.68. The molecule has 102 valence electrons. The molecule has 0 radical (unpaired) electrons.